The highest BCUT2D eigenvalue weighted by atomic mass is 19.3. The van der Waals surface area contributed by atoms with Crippen LogP contribution in [0, 0.1) is 17.2 Å². The van der Waals surface area contributed by atoms with E-state index in [1.807, 2.05) is 0 Å². The minimum Gasteiger partial charge on any atom is -0.354 e. The molecule has 0 spiro atoms. The van der Waals surface area contributed by atoms with E-state index >= 15 is 0 Å². The first-order valence-electron chi connectivity index (χ1n) is 3.08. The van der Waals surface area contributed by atoms with Crippen molar-refractivity contribution in [1.29, 1.82) is 5.26 Å². The average Bonchev–Trinajstić information content (AvgIpc) is 2.34. The van der Waals surface area contributed by atoms with Gasteiger partial charge < -0.3 is 4.74 Å². The summed E-state index contributed by atoms with van der Waals surface area (Å²) in [5.74, 6) is -3.70. The SMILES string of the molecule is N#C[C@]12OCC[C@H]1C2(F)F. The van der Waals surface area contributed by atoms with Crippen molar-refractivity contribution >= 4 is 0 Å². The molecule has 0 aromatic heterocycles. The molecule has 4 heteroatoms. The summed E-state index contributed by atoms with van der Waals surface area (Å²) in [6.45, 7) is 0.299. The van der Waals surface area contributed by atoms with E-state index in [4.69, 9.17) is 5.26 Å². The fourth-order valence-corrected chi connectivity index (χ4v) is 1.55. The Balaban J connectivity index is 2.33. The van der Waals surface area contributed by atoms with Crippen molar-refractivity contribution in [3.63, 3.8) is 0 Å². The summed E-state index contributed by atoms with van der Waals surface area (Å²) in [5, 5.41) is 8.35. The molecule has 0 aromatic rings. The molecule has 2 rings (SSSR count). The van der Waals surface area contributed by atoms with Crippen molar-refractivity contribution in [2.24, 2.45) is 5.92 Å². The topological polar surface area (TPSA) is 33.0 Å². The molecule has 0 bridgehead atoms. The van der Waals surface area contributed by atoms with Gasteiger partial charge in [-0.3, -0.25) is 0 Å². The van der Waals surface area contributed by atoms with Gasteiger partial charge in [0.05, 0.1) is 5.92 Å². The lowest BCUT2D eigenvalue weighted by atomic mass is 10.3. The third-order valence-corrected chi connectivity index (χ3v) is 2.24. The summed E-state index contributed by atoms with van der Waals surface area (Å²) in [4.78, 5) is 0. The molecule has 1 aliphatic heterocycles. The van der Waals surface area contributed by atoms with Gasteiger partial charge in [0.25, 0.3) is 5.92 Å². The molecule has 0 aromatic carbocycles. The quantitative estimate of drug-likeness (QED) is 0.508. The van der Waals surface area contributed by atoms with Crippen molar-refractivity contribution in [3.8, 4) is 6.07 Å². The Morgan fingerprint density at radius 1 is 1.60 bits per heavy atom. The van der Waals surface area contributed by atoms with E-state index in [2.05, 4.69) is 4.74 Å². The number of nitriles is 1. The molecule has 1 saturated heterocycles. The van der Waals surface area contributed by atoms with Gasteiger partial charge in [0.2, 0.25) is 5.60 Å². The molecule has 2 aliphatic rings. The highest BCUT2D eigenvalue weighted by Crippen LogP contribution is 2.65. The largest absolute Gasteiger partial charge is 0.354 e. The van der Waals surface area contributed by atoms with Gasteiger partial charge in [-0.05, 0) is 6.42 Å². The molecular weight excluding hydrogens is 140 g/mol. The Bertz CT molecular complexity index is 222. The molecule has 0 radical (unpaired) electrons. The van der Waals surface area contributed by atoms with Crippen LogP contribution in [0.15, 0.2) is 0 Å². The Morgan fingerprint density at radius 3 is 2.60 bits per heavy atom. The molecule has 1 aliphatic carbocycles. The third-order valence-electron chi connectivity index (χ3n) is 2.24. The molecule has 2 nitrogen and oxygen atoms in total. The van der Waals surface area contributed by atoms with Gasteiger partial charge in [-0.25, -0.2) is 8.78 Å². The molecule has 2 atom stereocenters. The molecule has 0 amide bonds. The van der Waals surface area contributed by atoms with Gasteiger partial charge in [0, 0.05) is 6.61 Å². The molecule has 54 valence electrons. The van der Waals surface area contributed by atoms with Gasteiger partial charge in [0.15, 0.2) is 0 Å². The van der Waals surface area contributed by atoms with Gasteiger partial charge in [-0.2, -0.15) is 5.26 Å². The maximum atomic E-state index is 12.5. The number of rotatable bonds is 0. The van der Waals surface area contributed by atoms with Crippen molar-refractivity contribution in [2.75, 3.05) is 6.61 Å². The first-order valence-corrected chi connectivity index (χ1v) is 3.08. The normalized spacial score (nSPS) is 47.9. The summed E-state index contributed by atoms with van der Waals surface area (Å²) in [6.07, 6.45) is 0.320. The Labute approximate surface area is 56.4 Å². The van der Waals surface area contributed by atoms with Gasteiger partial charge in [0.1, 0.15) is 6.07 Å². The zero-order valence-corrected chi connectivity index (χ0v) is 5.10. The second kappa shape index (κ2) is 1.32. The van der Waals surface area contributed by atoms with Crippen LogP contribution in [0.3, 0.4) is 0 Å². The number of nitrogens with zero attached hydrogens (tertiary/aromatic N) is 1. The molecule has 1 saturated carbocycles. The molecular formula is C6H5F2NO. The van der Waals surface area contributed by atoms with Crippen LogP contribution in [-0.2, 0) is 4.74 Å². The first kappa shape index (κ1) is 6.05. The molecule has 10 heavy (non-hydrogen) atoms. The van der Waals surface area contributed by atoms with E-state index in [1.165, 1.54) is 6.07 Å². The fraction of sp³-hybridized carbons (Fsp3) is 0.833. The van der Waals surface area contributed by atoms with E-state index in [0.717, 1.165) is 0 Å². The number of fused-ring (bicyclic) bond motifs is 1. The zero-order valence-electron chi connectivity index (χ0n) is 5.10. The minimum absolute atomic E-state index is 0.299. The second-order valence-electron chi connectivity index (χ2n) is 2.66. The molecule has 0 N–H and O–H groups in total. The van der Waals surface area contributed by atoms with Gasteiger partial charge in [-0.15, -0.1) is 0 Å². The first-order chi connectivity index (χ1) is 4.65. The van der Waals surface area contributed by atoms with Crippen molar-refractivity contribution in [2.45, 2.75) is 17.9 Å². The lowest BCUT2D eigenvalue weighted by Gasteiger charge is -2.04. The molecule has 1 heterocycles. The fourth-order valence-electron chi connectivity index (χ4n) is 1.55. The maximum absolute atomic E-state index is 12.5. The van der Waals surface area contributed by atoms with Crippen molar-refractivity contribution < 1.29 is 13.5 Å². The third kappa shape index (κ3) is 0.363. The van der Waals surface area contributed by atoms with Crippen LogP contribution < -0.4 is 0 Å². The number of halogens is 2. The lowest BCUT2D eigenvalue weighted by molar-refractivity contribution is -0.0287. The number of hydrogen-bond acceptors (Lipinski definition) is 2. The second-order valence-corrected chi connectivity index (χ2v) is 2.66. The van der Waals surface area contributed by atoms with Gasteiger partial charge in [-0.1, -0.05) is 0 Å². The van der Waals surface area contributed by atoms with Crippen LogP contribution in [0.25, 0.3) is 0 Å². The van der Waals surface area contributed by atoms with E-state index in [0.29, 0.717) is 13.0 Å². The number of hydrogen-bond donors (Lipinski definition) is 0. The van der Waals surface area contributed by atoms with Crippen LogP contribution in [0.2, 0.25) is 0 Å². The number of alkyl halides is 2. The van der Waals surface area contributed by atoms with Crippen LogP contribution in [0.1, 0.15) is 6.42 Å². The zero-order chi connectivity index (χ0) is 7.41. The summed E-state index contributed by atoms with van der Waals surface area (Å²) < 4.78 is 29.8. The van der Waals surface area contributed by atoms with Gasteiger partial charge >= 0.3 is 0 Å². The Kier molecular flexibility index (Phi) is 0.801. The summed E-state index contributed by atoms with van der Waals surface area (Å²) >= 11 is 0. The van der Waals surface area contributed by atoms with Crippen molar-refractivity contribution in [3.05, 3.63) is 0 Å². The standard InChI is InChI=1S/C6H5F2NO/c7-6(8)4-1-2-10-5(4,6)3-9/h4H,1-2H2/t4-,5+/m1/s1. The van der Waals surface area contributed by atoms with Crippen molar-refractivity contribution in [1.82, 2.24) is 0 Å². The lowest BCUT2D eigenvalue weighted by Crippen LogP contribution is -2.19. The minimum atomic E-state index is -2.88. The smallest absolute Gasteiger partial charge is 0.297 e. The van der Waals surface area contributed by atoms with E-state index in [1.54, 1.807) is 0 Å². The maximum Gasteiger partial charge on any atom is 0.297 e. The Hall–Kier alpha value is -0.690. The highest BCUT2D eigenvalue weighted by Gasteiger charge is 2.85. The highest BCUT2D eigenvalue weighted by molar-refractivity contribution is 5.34. The predicted molar refractivity (Wildman–Crippen MR) is 27.3 cm³/mol. The van der Waals surface area contributed by atoms with Crippen LogP contribution in [0.4, 0.5) is 8.78 Å². The van der Waals surface area contributed by atoms with Crippen LogP contribution >= 0.6 is 0 Å². The predicted octanol–water partition coefficient (Wildman–Crippen LogP) is 0.934. The van der Waals surface area contributed by atoms with Crippen LogP contribution in [0.5, 0.6) is 0 Å². The van der Waals surface area contributed by atoms with Crippen LogP contribution in [-0.4, -0.2) is 18.1 Å². The summed E-state index contributed by atoms with van der Waals surface area (Å²) in [5.41, 5.74) is -1.73. The summed E-state index contributed by atoms with van der Waals surface area (Å²) in [6, 6.07) is 1.53. The average molecular weight is 145 g/mol. The molecule has 0 unspecified atom stereocenters. The van der Waals surface area contributed by atoms with E-state index < -0.39 is 17.4 Å². The monoisotopic (exact) mass is 145 g/mol. The Morgan fingerprint density at radius 2 is 2.30 bits per heavy atom. The van der Waals surface area contributed by atoms with E-state index in [9.17, 15) is 8.78 Å². The molecule has 2 fully saturated rings. The number of ether oxygens (including phenoxy) is 1. The summed E-state index contributed by atoms with van der Waals surface area (Å²) in [7, 11) is 0. The van der Waals surface area contributed by atoms with E-state index in [-0.39, 0.29) is 0 Å².